The molecular weight excluding hydrogens is 312 g/mol. The van der Waals surface area contributed by atoms with Crippen LogP contribution in [0.2, 0.25) is 5.02 Å². The molecule has 0 radical (unpaired) electrons. The van der Waals surface area contributed by atoms with Crippen LogP contribution in [0.5, 0.6) is 11.6 Å². The molecule has 0 bridgehead atoms. The first-order chi connectivity index (χ1) is 10.2. The van der Waals surface area contributed by atoms with E-state index in [4.69, 9.17) is 27.9 Å². The fourth-order valence-corrected chi connectivity index (χ4v) is 2.40. The Kier molecular flexibility index (Phi) is 3.95. The molecular formula is C16H10Cl2FNO. The molecule has 0 spiro atoms. The SMILES string of the molecule is Fc1cc(Oc2ncc(CCl)c3ccccc23)ccc1Cl. The third-order valence-corrected chi connectivity index (χ3v) is 3.69. The second-order valence-electron chi connectivity index (χ2n) is 4.45. The number of alkyl halides is 1. The van der Waals surface area contributed by atoms with E-state index in [-0.39, 0.29) is 5.02 Å². The highest BCUT2D eigenvalue weighted by molar-refractivity contribution is 6.30. The molecule has 0 aliphatic carbocycles. The first-order valence-corrected chi connectivity index (χ1v) is 7.16. The van der Waals surface area contributed by atoms with Crippen LogP contribution < -0.4 is 4.74 Å². The number of nitrogens with zero attached hydrogens (tertiary/aromatic N) is 1. The van der Waals surface area contributed by atoms with Crippen LogP contribution in [0.1, 0.15) is 5.56 Å². The molecule has 0 N–H and O–H groups in total. The lowest BCUT2D eigenvalue weighted by atomic mass is 10.1. The molecule has 1 heterocycles. The molecule has 2 nitrogen and oxygen atoms in total. The molecule has 2 aromatic carbocycles. The number of aromatic nitrogens is 1. The molecule has 0 unspecified atom stereocenters. The highest BCUT2D eigenvalue weighted by Crippen LogP contribution is 2.31. The third-order valence-electron chi connectivity index (χ3n) is 3.09. The van der Waals surface area contributed by atoms with Crippen LogP contribution in [0.4, 0.5) is 4.39 Å². The van der Waals surface area contributed by atoms with Gasteiger partial charge in [0.1, 0.15) is 11.6 Å². The van der Waals surface area contributed by atoms with Crippen molar-refractivity contribution in [3.8, 4) is 11.6 Å². The van der Waals surface area contributed by atoms with E-state index in [1.807, 2.05) is 24.3 Å². The van der Waals surface area contributed by atoms with E-state index >= 15 is 0 Å². The summed E-state index contributed by atoms with van der Waals surface area (Å²) in [7, 11) is 0. The monoisotopic (exact) mass is 321 g/mol. The van der Waals surface area contributed by atoms with Crippen LogP contribution in [-0.2, 0) is 5.88 Å². The summed E-state index contributed by atoms with van der Waals surface area (Å²) in [4.78, 5) is 4.26. The van der Waals surface area contributed by atoms with Gasteiger partial charge in [-0.1, -0.05) is 29.8 Å². The number of pyridine rings is 1. The molecule has 106 valence electrons. The first kappa shape index (κ1) is 14.1. The van der Waals surface area contributed by atoms with Crippen molar-refractivity contribution >= 4 is 34.0 Å². The van der Waals surface area contributed by atoms with Crippen LogP contribution >= 0.6 is 23.2 Å². The smallest absolute Gasteiger partial charge is 0.227 e. The summed E-state index contributed by atoms with van der Waals surface area (Å²) in [6.07, 6.45) is 1.66. The minimum atomic E-state index is -0.532. The van der Waals surface area contributed by atoms with E-state index in [1.165, 1.54) is 12.1 Å². The summed E-state index contributed by atoms with van der Waals surface area (Å²) in [5.41, 5.74) is 0.918. The second kappa shape index (κ2) is 5.88. The summed E-state index contributed by atoms with van der Waals surface area (Å²) in [6.45, 7) is 0. The van der Waals surface area contributed by atoms with Gasteiger partial charge in [0.15, 0.2) is 0 Å². The van der Waals surface area contributed by atoms with Gasteiger partial charge in [-0.05, 0) is 29.1 Å². The van der Waals surface area contributed by atoms with Crippen molar-refractivity contribution in [1.29, 1.82) is 0 Å². The van der Waals surface area contributed by atoms with Gasteiger partial charge in [0.05, 0.1) is 5.02 Å². The minimum absolute atomic E-state index is 0.0534. The molecule has 0 saturated heterocycles. The van der Waals surface area contributed by atoms with Gasteiger partial charge < -0.3 is 4.74 Å². The van der Waals surface area contributed by atoms with Gasteiger partial charge in [-0.2, -0.15) is 0 Å². The number of benzene rings is 2. The van der Waals surface area contributed by atoms with Gasteiger partial charge in [-0.15, -0.1) is 11.6 Å². The molecule has 0 fully saturated rings. The molecule has 5 heteroatoms. The molecule has 3 rings (SSSR count). The average Bonchev–Trinajstić information content (AvgIpc) is 2.51. The fraction of sp³-hybridized carbons (Fsp3) is 0.0625. The van der Waals surface area contributed by atoms with Gasteiger partial charge >= 0.3 is 0 Å². The van der Waals surface area contributed by atoms with Crippen molar-refractivity contribution in [2.75, 3.05) is 0 Å². The Morgan fingerprint density at radius 2 is 1.86 bits per heavy atom. The van der Waals surface area contributed by atoms with E-state index in [9.17, 15) is 4.39 Å². The molecule has 0 amide bonds. The first-order valence-electron chi connectivity index (χ1n) is 6.24. The Morgan fingerprint density at radius 3 is 2.57 bits per heavy atom. The van der Waals surface area contributed by atoms with E-state index in [0.717, 1.165) is 16.3 Å². The highest BCUT2D eigenvalue weighted by atomic mass is 35.5. The maximum atomic E-state index is 13.5. The number of hydrogen-bond acceptors (Lipinski definition) is 2. The quantitative estimate of drug-likeness (QED) is 0.589. The van der Waals surface area contributed by atoms with Gasteiger partial charge in [-0.3, -0.25) is 0 Å². The number of fused-ring (bicyclic) bond motifs is 1. The lowest BCUT2D eigenvalue weighted by Gasteiger charge is -2.10. The van der Waals surface area contributed by atoms with Gasteiger partial charge in [0.2, 0.25) is 5.88 Å². The number of hydrogen-bond donors (Lipinski definition) is 0. The standard InChI is InChI=1S/C16H10Cl2FNO/c17-8-10-9-20-16(13-4-2-1-3-12(10)13)21-11-5-6-14(18)15(19)7-11/h1-7,9H,8H2. The number of ether oxygens (including phenoxy) is 1. The predicted molar refractivity (Wildman–Crippen MR) is 82.8 cm³/mol. The third kappa shape index (κ3) is 2.80. The number of rotatable bonds is 3. The molecule has 1 aromatic heterocycles. The highest BCUT2D eigenvalue weighted by Gasteiger charge is 2.10. The minimum Gasteiger partial charge on any atom is -0.438 e. The molecule has 3 aromatic rings. The van der Waals surface area contributed by atoms with Gasteiger partial charge in [0.25, 0.3) is 0 Å². The Labute approximate surface area is 131 Å². The average molecular weight is 322 g/mol. The summed E-state index contributed by atoms with van der Waals surface area (Å²) >= 11 is 11.6. The normalized spacial score (nSPS) is 10.8. The summed E-state index contributed by atoms with van der Waals surface area (Å²) in [6, 6.07) is 11.9. The van der Waals surface area contributed by atoms with E-state index in [2.05, 4.69) is 4.98 Å². The van der Waals surface area contributed by atoms with E-state index < -0.39 is 5.82 Å². The Morgan fingerprint density at radius 1 is 1.10 bits per heavy atom. The molecule has 21 heavy (non-hydrogen) atoms. The molecule has 0 aliphatic heterocycles. The van der Waals surface area contributed by atoms with Crippen LogP contribution in [0, 0.1) is 5.82 Å². The summed E-state index contributed by atoms with van der Waals surface area (Å²) in [5, 5.41) is 1.84. The van der Waals surface area contributed by atoms with E-state index in [0.29, 0.717) is 17.5 Å². The van der Waals surface area contributed by atoms with Crippen LogP contribution in [-0.4, -0.2) is 4.98 Å². The molecule has 0 aliphatic rings. The van der Waals surface area contributed by atoms with Crippen molar-refractivity contribution < 1.29 is 9.13 Å². The number of halogens is 3. The Balaban J connectivity index is 2.06. The van der Waals surface area contributed by atoms with E-state index in [1.54, 1.807) is 12.3 Å². The van der Waals surface area contributed by atoms with Crippen LogP contribution in [0.15, 0.2) is 48.7 Å². The van der Waals surface area contributed by atoms with Crippen molar-refractivity contribution in [2.24, 2.45) is 0 Å². The topological polar surface area (TPSA) is 22.1 Å². The van der Waals surface area contributed by atoms with Crippen LogP contribution in [0.25, 0.3) is 10.8 Å². The Bertz CT molecular complexity index is 807. The van der Waals surface area contributed by atoms with Gasteiger partial charge in [-0.25, -0.2) is 9.37 Å². The predicted octanol–water partition coefficient (Wildman–Crippen LogP) is 5.56. The summed E-state index contributed by atoms with van der Waals surface area (Å²) in [5.74, 6) is 0.578. The lowest BCUT2D eigenvalue weighted by molar-refractivity contribution is 0.464. The fourth-order valence-electron chi connectivity index (χ4n) is 2.07. The van der Waals surface area contributed by atoms with Crippen molar-refractivity contribution in [2.45, 2.75) is 5.88 Å². The largest absolute Gasteiger partial charge is 0.438 e. The Hall–Kier alpha value is -1.84. The zero-order valence-electron chi connectivity index (χ0n) is 10.8. The van der Waals surface area contributed by atoms with Crippen molar-refractivity contribution in [3.05, 3.63) is 65.1 Å². The molecule has 0 saturated carbocycles. The second-order valence-corrected chi connectivity index (χ2v) is 5.12. The van der Waals surface area contributed by atoms with Gasteiger partial charge in [0, 0.05) is 23.5 Å². The van der Waals surface area contributed by atoms with Crippen molar-refractivity contribution in [1.82, 2.24) is 4.98 Å². The summed E-state index contributed by atoms with van der Waals surface area (Å²) < 4.78 is 19.1. The maximum absolute atomic E-state index is 13.5. The van der Waals surface area contributed by atoms with Crippen molar-refractivity contribution in [3.63, 3.8) is 0 Å². The zero-order valence-corrected chi connectivity index (χ0v) is 12.3. The maximum Gasteiger partial charge on any atom is 0.227 e. The lowest BCUT2D eigenvalue weighted by Crippen LogP contribution is -1.93. The van der Waals surface area contributed by atoms with Crippen LogP contribution in [0.3, 0.4) is 0 Å². The zero-order chi connectivity index (χ0) is 14.8. The molecule has 0 atom stereocenters.